The standard InChI is InChI=1S/C10H17NO5S/c1-3-9(12)11(6-10(13)16-2)8-4-5-17(14,15)7-8/h8H,3-7H2,1-2H3. The number of nitrogens with zero attached hydrogens (tertiary/aromatic N) is 1. The summed E-state index contributed by atoms with van der Waals surface area (Å²) in [4.78, 5) is 24.2. The number of carbonyl (C=O) groups excluding carboxylic acids is 2. The Labute approximate surface area is 101 Å². The zero-order valence-electron chi connectivity index (χ0n) is 10.0. The SMILES string of the molecule is CCC(=O)N(CC(=O)OC)C1CCS(=O)(=O)C1. The van der Waals surface area contributed by atoms with Crippen molar-refractivity contribution in [3.8, 4) is 0 Å². The van der Waals surface area contributed by atoms with E-state index in [9.17, 15) is 18.0 Å². The van der Waals surface area contributed by atoms with Crippen LogP contribution in [0, 0.1) is 0 Å². The summed E-state index contributed by atoms with van der Waals surface area (Å²) in [6, 6.07) is -0.397. The molecule has 1 heterocycles. The van der Waals surface area contributed by atoms with Gasteiger partial charge in [0.1, 0.15) is 6.54 Å². The first-order valence-corrected chi connectivity index (χ1v) is 7.28. The molecule has 1 aliphatic rings. The van der Waals surface area contributed by atoms with Crippen molar-refractivity contribution in [2.24, 2.45) is 0 Å². The lowest BCUT2D eigenvalue weighted by molar-refractivity contribution is -0.148. The third-order valence-electron chi connectivity index (χ3n) is 2.80. The van der Waals surface area contributed by atoms with Crippen LogP contribution in [0.4, 0.5) is 0 Å². The van der Waals surface area contributed by atoms with Crippen LogP contribution in [0.1, 0.15) is 19.8 Å². The predicted molar refractivity (Wildman–Crippen MR) is 61.1 cm³/mol. The van der Waals surface area contributed by atoms with Crippen molar-refractivity contribution in [2.45, 2.75) is 25.8 Å². The quantitative estimate of drug-likeness (QED) is 0.644. The topological polar surface area (TPSA) is 80.8 Å². The number of methoxy groups -OCH3 is 1. The van der Waals surface area contributed by atoms with E-state index in [0.29, 0.717) is 6.42 Å². The van der Waals surface area contributed by atoms with E-state index in [4.69, 9.17) is 0 Å². The van der Waals surface area contributed by atoms with E-state index in [1.165, 1.54) is 12.0 Å². The lowest BCUT2D eigenvalue weighted by Crippen LogP contribution is -2.44. The number of esters is 1. The highest BCUT2D eigenvalue weighted by atomic mass is 32.2. The Morgan fingerprint density at radius 3 is 2.47 bits per heavy atom. The van der Waals surface area contributed by atoms with Gasteiger partial charge in [0.15, 0.2) is 9.84 Å². The maximum absolute atomic E-state index is 11.7. The molecule has 0 aromatic heterocycles. The van der Waals surface area contributed by atoms with Gasteiger partial charge < -0.3 is 9.64 Å². The normalized spacial score (nSPS) is 22.1. The van der Waals surface area contributed by atoms with E-state index in [-0.39, 0.29) is 30.4 Å². The molecule has 1 fully saturated rings. The summed E-state index contributed by atoms with van der Waals surface area (Å²) in [7, 11) is -1.83. The number of ether oxygens (including phenoxy) is 1. The van der Waals surface area contributed by atoms with Gasteiger partial charge in [-0.1, -0.05) is 6.92 Å². The number of carbonyl (C=O) groups is 2. The average molecular weight is 263 g/mol. The van der Waals surface area contributed by atoms with Gasteiger partial charge in [0.25, 0.3) is 0 Å². The fourth-order valence-corrected chi connectivity index (χ4v) is 3.58. The fourth-order valence-electron chi connectivity index (χ4n) is 1.85. The minimum Gasteiger partial charge on any atom is -0.468 e. The fraction of sp³-hybridized carbons (Fsp3) is 0.800. The molecule has 0 N–H and O–H groups in total. The van der Waals surface area contributed by atoms with E-state index in [0.717, 1.165) is 0 Å². The molecule has 0 spiro atoms. The second-order valence-electron chi connectivity index (χ2n) is 4.01. The molecule has 0 aliphatic carbocycles. The van der Waals surface area contributed by atoms with Gasteiger partial charge in [-0.05, 0) is 6.42 Å². The molecule has 1 rings (SSSR count). The van der Waals surface area contributed by atoms with Crippen LogP contribution < -0.4 is 0 Å². The summed E-state index contributed by atoms with van der Waals surface area (Å²) in [5.41, 5.74) is 0. The maximum atomic E-state index is 11.7. The third-order valence-corrected chi connectivity index (χ3v) is 4.55. The number of sulfone groups is 1. The first-order valence-electron chi connectivity index (χ1n) is 5.46. The molecule has 0 aromatic rings. The Hall–Kier alpha value is -1.11. The molecule has 1 saturated heterocycles. The first kappa shape index (κ1) is 14.0. The van der Waals surface area contributed by atoms with Crippen LogP contribution in [0.15, 0.2) is 0 Å². The zero-order valence-corrected chi connectivity index (χ0v) is 10.8. The average Bonchev–Trinajstić information content (AvgIpc) is 2.64. The van der Waals surface area contributed by atoms with Crippen LogP contribution >= 0.6 is 0 Å². The molecule has 1 atom stereocenters. The highest BCUT2D eigenvalue weighted by Crippen LogP contribution is 2.18. The van der Waals surface area contributed by atoms with Gasteiger partial charge in [-0.3, -0.25) is 9.59 Å². The first-order chi connectivity index (χ1) is 7.89. The monoisotopic (exact) mass is 263 g/mol. The van der Waals surface area contributed by atoms with Crippen molar-refractivity contribution in [1.29, 1.82) is 0 Å². The van der Waals surface area contributed by atoms with E-state index in [2.05, 4.69) is 4.74 Å². The molecule has 0 saturated carbocycles. The molecule has 98 valence electrons. The molecule has 6 nitrogen and oxygen atoms in total. The number of hydrogen-bond donors (Lipinski definition) is 0. The van der Waals surface area contributed by atoms with Crippen LogP contribution in [0.25, 0.3) is 0 Å². The Bertz CT molecular complexity index is 403. The maximum Gasteiger partial charge on any atom is 0.325 e. The minimum absolute atomic E-state index is 0.0598. The van der Waals surface area contributed by atoms with Gasteiger partial charge in [0.2, 0.25) is 5.91 Å². The van der Waals surface area contributed by atoms with Crippen LogP contribution in [-0.4, -0.2) is 56.4 Å². The van der Waals surface area contributed by atoms with Crippen LogP contribution in [-0.2, 0) is 24.2 Å². The largest absolute Gasteiger partial charge is 0.468 e. The van der Waals surface area contributed by atoms with Crippen LogP contribution in [0.2, 0.25) is 0 Å². The van der Waals surface area contributed by atoms with Gasteiger partial charge in [0.05, 0.1) is 18.6 Å². The number of hydrogen-bond acceptors (Lipinski definition) is 5. The number of amides is 1. The van der Waals surface area contributed by atoms with E-state index in [1.807, 2.05) is 0 Å². The van der Waals surface area contributed by atoms with Gasteiger partial charge >= 0.3 is 5.97 Å². The Balaban J connectivity index is 2.77. The highest BCUT2D eigenvalue weighted by molar-refractivity contribution is 7.91. The van der Waals surface area contributed by atoms with Crippen molar-refractivity contribution in [1.82, 2.24) is 4.90 Å². The van der Waals surface area contributed by atoms with Crippen molar-refractivity contribution < 1.29 is 22.7 Å². The molecule has 1 aliphatic heterocycles. The van der Waals surface area contributed by atoms with Gasteiger partial charge in [-0.25, -0.2) is 8.42 Å². The van der Waals surface area contributed by atoms with Gasteiger partial charge in [-0.2, -0.15) is 0 Å². The van der Waals surface area contributed by atoms with Gasteiger partial charge in [0, 0.05) is 12.5 Å². The van der Waals surface area contributed by atoms with Crippen LogP contribution in [0.5, 0.6) is 0 Å². The Kier molecular flexibility index (Phi) is 4.50. The second kappa shape index (κ2) is 5.48. The van der Waals surface area contributed by atoms with E-state index in [1.54, 1.807) is 6.92 Å². The van der Waals surface area contributed by atoms with Crippen molar-refractivity contribution in [3.63, 3.8) is 0 Å². The summed E-state index contributed by atoms with van der Waals surface area (Å²) in [5.74, 6) is -0.740. The Morgan fingerprint density at radius 2 is 2.06 bits per heavy atom. The van der Waals surface area contributed by atoms with Crippen molar-refractivity contribution >= 4 is 21.7 Å². The van der Waals surface area contributed by atoms with Gasteiger partial charge in [-0.15, -0.1) is 0 Å². The minimum atomic E-state index is -3.07. The van der Waals surface area contributed by atoms with Crippen molar-refractivity contribution in [2.75, 3.05) is 25.2 Å². The summed E-state index contributed by atoms with van der Waals surface area (Å²) < 4.78 is 27.2. The predicted octanol–water partition coefficient (Wildman–Crippen LogP) is -0.415. The summed E-state index contributed by atoms with van der Waals surface area (Å²) >= 11 is 0. The summed E-state index contributed by atoms with van der Waals surface area (Å²) in [5, 5.41) is 0. The zero-order chi connectivity index (χ0) is 13.1. The molecular weight excluding hydrogens is 246 g/mol. The molecule has 0 radical (unpaired) electrons. The lowest BCUT2D eigenvalue weighted by atomic mass is 10.2. The highest BCUT2D eigenvalue weighted by Gasteiger charge is 2.35. The molecule has 17 heavy (non-hydrogen) atoms. The summed E-state index contributed by atoms with van der Waals surface area (Å²) in [6.07, 6.45) is 0.638. The number of rotatable bonds is 4. The molecule has 0 aromatic carbocycles. The van der Waals surface area contributed by atoms with Crippen molar-refractivity contribution in [3.05, 3.63) is 0 Å². The Morgan fingerprint density at radius 1 is 1.41 bits per heavy atom. The molecule has 0 bridgehead atoms. The summed E-state index contributed by atoms with van der Waals surface area (Å²) in [6.45, 7) is 1.50. The molecule has 7 heteroatoms. The molecule has 1 unspecified atom stereocenters. The lowest BCUT2D eigenvalue weighted by Gasteiger charge is -2.26. The van der Waals surface area contributed by atoms with E-state index >= 15 is 0 Å². The van der Waals surface area contributed by atoms with Crippen LogP contribution in [0.3, 0.4) is 0 Å². The molecule has 1 amide bonds. The third kappa shape index (κ3) is 3.69. The molecular formula is C10H17NO5S. The van der Waals surface area contributed by atoms with E-state index < -0.39 is 21.8 Å². The second-order valence-corrected chi connectivity index (χ2v) is 6.24. The smallest absolute Gasteiger partial charge is 0.325 e.